The van der Waals surface area contributed by atoms with Crippen LogP contribution in [0.5, 0.6) is 0 Å². The van der Waals surface area contributed by atoms with E-state index in [-0.39, 0.29) is 0 Å². The number of oxazole rings is 1. The second-order valence-electron chi connectivity index (χ2n) is 5.09. The van der Waals surface area contributed by atoms with Crippen LogP contribution in [0.3, 0.4) is 0 Å². The number of aromatic nitrogens is 1. The third kappa shape index (κ3) is 3.84. The van der Waals surface area contributed by atoms with E-state index in [1.54, 1.807) is 0 Å². The van der Waals surface area contributed by atoms with Crippen molar-refractivity contribution < 1.29 is 4.42 Å². The summed E-state index contributed by atoms with van der Waals surface area (Å²) >= 11 is 0. The van der Waals surface area contributed by atoms with Gasteiger partial charge in [0.15, 0.2) is 5.89 Å². The van der Waals surface area contributed by atoms with Crippen LogP contribution in [0.2, 0.25) is 0 Å². The first-order valence-electron chi connectivity index (χ1n) is 7.05. The van der Waals surface area contributed by atoms with E-state index in [0.29, 0.717) is 12.5 Å². The summed E-state index contributed by atoms with van der Waals surface area (Å²) in [5.41, 5.74) is 5.49. The van der Waals surface area contributed by atoms with Crippen LogP contribution in [0, 0.1) is 0 Å². The van der Waals surface area contributed by atoms with Gasteiger partial charge in [0.1, 0.15) is 5.76 Å². The van der Waals surface area contributed by atoms with Crippen molar-refractivity contribution in [3.8, 4) is 0 Å². The van der Waals surface area contributed by atoms with Crippen LogP contribution >= 0.6 is 0 Å². The fraction of sp³-hybridized carbons (Fsp3) is 0.786. The van der Waals surface area contributed by atoms with Crippen LogP contribution in [0.15, 0.2) is 10.6 Å². The molecule has 2 rings (SSSR count). The molecule has 0 unspecified atom stereocenters. The highest BCUT2D eigenvalue weighted by atomic mass is 16.4. The van der Waals surface area contributed by atoms with Crippen molar-refractivity contribution >= 4 is 0 Å². The monoisotopic (exact) mass is 236 g/mol. The molecule has 1 aliphatic rings. The van der Waals surface area contributed by atoms with Crippen molar-refractivity contribution in [3.05, 3.63) is 17.8 Å². The maximum atomic E-state index is 5.85. The fourth-order valence-electron chi connectivity index (χ4n) is 2.62. The van der Waals surface area contributed by atoms with Gasteiger partial charge in [0.25, 0.3) is 0 Å². The van der Waals surface area contributed by atoms with E-state index in [0.717, 1.165) is 24.5 Å². The molecule has 1 aromatic heterocycles. The number of hydrogen-bond acceptors (Lipinski definition) is 3. The molecule has 1 saturated carbocycles. The molecule has 3 nitrogen and oxygen atoms in total. The van der Waals surface area contributed by atoms with Gasteiger partial charge < -0.3 is 10.2 Å². The molecule has 0 radical (unpaired) electrons. The smallest absolute Gasteiger partial charge is 0.194 e. The summed E-state index contributed by atoms with van der Waals surface area (Å²) in [6.45, 7) is 0.709. The van der Waals surface area contributed by atoms with Gasteiger partial charge in [-0.1, -0.05) is 32.1 Å². The van der Waals surface area contributed by atoms with Gasteiger partial charge in [-0.3, -0.25) is 0 Å². The quantitative estimate of drug-likeness (QED) is 0.871. The molecule has 2 N–H and O–H groups in total. The van der Waals surface area contributed by atoms with Crippen molar-refractivity contribution in [1.29, 1.82) is 0 Å². The minimum atomic E-state index is 0.606. The number of nitrogens with two attached hydrogens (primary N) is 1. The Morgan fingerprint density at radius 1 is 1.18 bits per heavy atom. The molecule has 1 heterocycles. The molecule has 3 heteroatoms. The van der Waals surface area contributed by atoms with Gasteiger partial charge in [0.05, 0.1) is 6.20 Å². The van der Waals surface area contributed by atoms with Crippen LogP contribution in [0.1, 0.15) is 68.9 Å². The molecule has 0 bridgehead atoms. The Morgan fingerprint density at radius 2 is 1.88 bits per heavy atom. The normalized spacial score (nSPS) is 18.9. The molecule has 1 fully saturated rings. The van der Waals surface area contributed by atoms with Gasteiger partial charge in [0.2, 0.25) is 0 Å². The molecule has 1 aliphatic carbocycles. The zero-order valence-corrected chi connectivity index (χ0v) is 10.7. The van der Waals surface area contributed by atoms with E-state index in [4.69, 9.17) is 10.2 Å². The first kappa shape index (κ1) is 12.6. The predicted octanol–water partition coefficient (Wildman–Crippen LogP) is 3.39. The van der Waals surface area contributed by atoms with Crippen LogP contribution in [-0.2, 0) is 6.42 Å². The lowest BCUT2D eigenvalue weighted by Gasteiger charge is -2.16. The summed E-state index contributed by atoms with van der Waals surface area (Å²) in [5, 5.41) is 0. The summed E-state index contributed by atoms with van der Waals surface area (Å²) in [6, 6.07) is 0. The average molecular weight is 236 g/mol. The number of nitrogens with zero attached hydrogens (tertiary/aromatic N) is 1. The highest BCUT2D eigenvalue weighted by molar-refractivity contribution is 5.02. The zero-order chi connectivity index (χ0) is 11.9. The Balaban J connectivity index is 1.92. The Labute approximate surface area is 104 Å². The minimum Gasteiger partial charge on any atom is -0.445 e. The van der Waals surface area contributed by atoms with E-state index in [9.17, 15) is 0 Å². The van der Waals surface area contributed by atoms with E-state index >= 15 is 0 Å². The van der Waals surface area contributed by atoms with E-state index < -0.39 is 0 Å². The first-order valence-corrected chi connectivity index (χ1v) is 7.05. The van der Waals surface area contributed by atoms with Crippen LogP contribution < -0.4 is 5.73 Å². The summed E-state index contributed by atoms with van der Waals surface area (Å²) in [4.78, 5) is 4.36. The maximum Gasteiger partial charge on any atom is 0.194 e. The van der Waals surface area contributed by atoms with Crippen LogP contribution in [0.4, 0.5) is 0 Å². The lowest BCUT2D eigenvalue weighted by Crippen LogP contribution is -2.01. The second kappa shape index (κ2) is 6.80. The molecule has 0 atom stereocenters. The molecule has 0 spiro atoms. The molecule has 96 valence electrons. The number of aryl methyl sites for hydroxylation is 1. The van der Waals surface area contributed by atoms with E-state index in [1.165, 1.54) is 44.9 Å². The Hall–Kier alpha value is -0.830. The number of rotatable bonds is 4. The molecule has 0 saturated heterocycles. The summed E-state index contributed by atoms with van der Waals surface area (Å²) < 4.78 is 5.85. The van der Waals surface area contributed by atoms with E-state index in [1.807, 2.05) is 6.20 Å². The van der Waals surface area contributed by atoms with Crippen LogP contribution in [-0.4, -0.2) is 11.5 Å². The molecule has 1 aromatic rings. The van der Waals surface area contributed by atoms with Crippen molar-refractivity contribution in [1.82, 2.24) is 4.98 Å². The SMILES string of the molecule is NCCCc1ncc(C2CCCCCCC2)o1. The predicted molar refractivity (Wildman–Crippen MR) is 68.9 cm³/mol. The molecule has 17 heavy (non-hydrogen) atoms. The highest BCUT2D eigenvalue weighted by Crippen LogP contribution is 2.31. The lowest BCUT2D eigenvalue weighted by atomic mass is 9.90. The van der Waals surface area contributed by atoms with Crippen molar-refractivity contribution in [3.63, 3.8) is 0 Å². The number of hydrogen-bond donors (Lipinski definition) is 1. The Bertz CT molecular complexity index is 314. The second-order valence-corrected chi connectivity index (χ2v) is 5.09. The zero-order valence-electron chi connectivity index (χ0n) is 10.7. The van der Waals surface area contributed by atoms with E-state index in [2.05, 4.69) is 4.98 Å². The highest BCUT2D eigenvalue weighted by Gasteiger charge is 2.17. The van der Waals surface area contributed by atoms with Crippen LogP contribution in [0.25, 0.3) is 0 Å². The topological polar surface area (TPSA) is 52.0 Å². The Kier molecular flexibility index (Phi) is 5.05. The summed E-state index contributed by atoms with van der Waals surface area (Å²) in [6.07, 6.45) is 13.2. The average Bonchev–Trinajstić information content (AvgIpc) is 2.74. The molecular formula is C14H24N2O. The van der Waals surface area contributed by atoms with Gasteiger partial charge in [-0.15, -0.1) is 0 Å². The minimum absolute atomic E-state index is 0.606. The largest absolute Gasteiger partial charge is 0.445 e. The van der Waals surface area contributed by atoms with Crippen molar-refractivity contribution in [2.45, 2.75) is 63.7 Å². The van der Waals surface area contributed by atoms with Crippen molar-refractivity contribution in [2.75, 3.05) is 6.54 Å². The summed E-state index contributed by atoms with van der Waals surface area (Å²) in [5.74, 6) is 2.58. The van der Waals surface area contributed by atoms with Gasteiger partial charge >= 0.3 is 0 Å². The Morgan fingerprint density at radius 3 is 2.59 bits per heavy atom. The van der Waals surface area contributed by atoms with Gasteiger partial charge in [-0.05, 0) is 25.8 Å². The van der Waals surface area contributed by atoms with Gasteiger partial charge in [0, 0.05) is 12.3 Å². The molecular weight excluding hydrogens is 212 g/mol. The maximum absolute atomic E-state index is 5.85. The molecule has 0 aliphatic heterocycles. The van der Waals surface area contributed by atoms with Crippen molar-refractivity contribution in [2.24, 2.45) is 5.73 Å². The summed E-state index contributed by atoms with van der Waals surface area (Å²) in [7, 11) is 0. The third-order valence-corrected chi connectivity index (χ3v) is 3.67. The fourth-order valence-corrected chi connectivity index (χ4v) is 2.62. The standard InChI is InChI=1S/C14H24N2O/c15-10-6-9-14-16-11-13(17-14)12-7-4-2-1-3-5-8-12/h11-12H,1-10,15H2. The lowest BCUT2D eigenvalue weighted by molar-refractivity contribution is 0.370. The van der Waals surface area contributed by atoms with Gasteiger partial charge in [-0.25, -0.2) is 4.98 Å². The van der Waals surface area contributed by atoms with Gasteiger partial charge in [-0.2, -0.15) is 0 Å². The molecule has 0 aromatic carbocycles. The first-order chi connectivity index (χ1) is 8.40. The molecule has 0 amide bonds. The third-order valence-electron chi connectivity index (χ3n) is 3.67.